The molecule has 0 fully saturated rings. The lowest BCUT2D eigenvalue weighted by Crippen LogP contribution is -1.97. The summed E-state index contributed by atoms with van der Waals surface area (Å²) in [6.07, 6.45) is 0. The Morgan fingerprint density at radius 1 is 1.27 bits per heavy atom. The predicted molar refractivity (Wildman–Crippen MR) is 99.9 cm³/mol. The third-order valence-electron chi connectivity index (χ3n) is 3.59. The molecule has 130 valence electrons. The van der Waals surface area contributed by atoms with E-state index in [2.05, 4.69) is 22.0 Å². The maximum atomic E-state index is 14.0. The Morgan fingerprint density at radius 2 is 2.00 bits per heavy atom. The highest BCUT2D eigenvalue weighted by atomic mass is 79.9. The first kappa shape index (κ1) is 18.1. The van der Waals surface area contributed by atoms with Crippen LogP contribution in [0.2, 0.25) is 0 Å². The van der Waals surface area contributed by atoms with Crippen LogP contribution in [-0.2, 0) is 6.61 Å². The summed E-state index contributed by atoms with van der Waals surface area (Å²) < 4.78 is 19.8. The minimum atomic E-state index is -1.33. The zero-order valence-corrected chi connectivity index (χ0v) is 15.6. The van der Waals surface area contributed by atoms with E-state index in [1.165, 1.54) is 0 Å². The fourth-order valence-corrected chi connectivity index (χ4v) is 4.04. The topological polar surface area (TPSA) is 70.3 Å². The first-order valence-electron chi connectivity index (χ1n) is 7.43. The zero-order chi connectivity index (χ0) is 18.7. The van der Waals surface area contributed by atoms with Gasteiger partial charge in [0, 0.05) is 0 Å². The van der Waals surface area contributed by atoms with Crippen LogP contribution in [0, 0.1) is 17.1 Å². The van der Waals surface area contributed by atoms with E-state index in [4.69, 9.17) is 9.84 Å². The average molecular weight is 432 g/mol. The van der Waals surface area contributed by atoms with Gasteiger partial charge in [0.1, 0.15) is 23.3 Å². The number of hydrogen-bond acceptors (Lipinski definition) is 4. The van der Waals surface area contributed by atoms with Gasteiger partial charge in [0.05, 0.1) is 14.9 Å². The lowest BCUT2D eigenvalue weighted by molar-refractivity contribution is 0.0697. The predicted octanol–water partition coefficient (Wildman–Crippen LogP) is 5.47. The van der Waals surface area contributed by atoms with Gasteiger partial charge in [-0.1, -0.05) is 30.3 Å². The lowest BCUT2D eigenvalue weighted by atomic mass is 10.1. The van der Waals surface area contributed by atoms with Crippen molar-refractivity contribution in [1.29, 1.82) is 5.26 Å². The Morgan fingerprint density at radius 3 is 2.62 bits per heavy atom. The van der Waals surface area contributed by atoms with Gasteiger partial charge in [-0.05, 0) is 45.3 Å². The summed E-state index contributed by atoms with van der Waals surface area (Å²) >= 11 is 3.90. The van der Waals surface area contributed by atoms with Gasteiger partial charge < -0.3 is 9.84 Å². The van der Waals surface area contributed by atoms with Crippen LogP contribution in [-0.4, -0.2) is 11.1 Å². The highest BCUT2D eigenvalue weighted by Gasteiger charge is 2.22. The van der Waals surface area contributed by atoms with E-state index in [0.717, 1.165) is 16.9 Å². The molecule has 0 saturated heterocycles. The average Bonchev–Trinajstić information content (AvgIpc) is 2.96. The fourth-order valence-electron chi connectivity index (χ4n) is 2.33. The van der Waals surface area contributed by atoms with Crippen molar-refractivity contribution < 1.29 is 19.0 Å². The molecule has 0 saturated carbocycles. The quantitative estimate of drug-likeness (QED) is 0.581. The third-order valence-corrected chi connectivity index (χ3v) is 5.80. The molecule has 0 aliphatic rings. The molecular weight excluding hydrogens is 421 g/mol. The van der Waals surface area contributed by atoms with Gasteiger partial charge >= 0.3 is 5.97 Å². The van der Waals surface area contributed by atoms with Crippen LogP contribution in [0.15, 0.2) is 53.0 Å². The minimum Gasteiger partial charge on any atom is -0.488 e. The number of hydrogen-bond donors (Lipinski definition) is 1. The van der Waals surface area contributed by atoms with Gasteiger partial charge in [-0.15, -0.1) is 11.3 Å². The molecule has 0 amide bonds. The number of carbonyl (C=O) groups is 1. The Bertz CT molecular complexity index is 1010. The van der Waals surface area contributed by atoms with E-state index >= 15 is 0 Å². The van der Waals surface area contributed by atoms with E-state index < -0.39 is 11.8 Å². The number of thiophene rings is 1. The van der Waals surface area contributed by atoms with Gasteiger partial charge in [0.25, 0.3) is 0 Å². The number of rotatable bonds is 5. The molecule has 3 aromatic rings. The van der Waals surface area contributed by atoms with Crippen molar-refractivity contribution in [2.45, 2.75) is 6.61 Å². The number of ether oxygens (including phenoxy) is 1. The van der Waals surface area contributed by atoms with Crippen LogP contribution in [0.1, 0.15) is 20.8 Å². The van der Waals surface area contributed by atoms with Crippen molar-refractivity contribution in [2.75, 3.05) is 0 Å². The van der Waals surface area contributed by atoms with E-state index in [1.54, 1.807) is 18.2 Å². The smallest absolute Gasteiger partial charge is 0.348 e. The summed E-state index contributed by atoms with van der Waals surface area (Å²) in [5.41, 5.74) is 1.79. The number of carboxylic acid groups (broad SMARTS) is 1. The molecule has 1 heterocycles. The highest BCUT2D eigenvalue weighted by molar-refractivity contribution is 9.10. The molecule has 1 N–H and O–H groups in total. The van der Waals surface area contributed by atoms with Crippen molar-refractivity contribution in [3.8, 4) is 22.3 Å². The summed E-state index contributed by atoms with van der Waals surface area (Å²) in [5.74, 6) is -1.74. The summed E-state index contributed by atoms with van der Waals surface area (Å²) in [5, 5.41) is 18.4. The molecule has 26 heavy (non-hydrogen) atoms. The van der Waals surface area contributed by atoms with E-state index in [-0.39, 0.29) is 14.9 Å². The van der Waals surface area contributed by atoms with Crippen LogP contribution in [0.4, 0.5) is 4.39 Å². The van der Waals surface area contributed by atoms with Crippen LogP contribution in [0.25, 0.3) is 10.4 Å². The SMILES string of the molecule is N#Cc1cc(-c2sc(C(=O)O)c(F)c2Br)ccc1OCc1ccccc1. The number of nitrogens with zero attached hydrogens (tertiary/aromatic N) is 1. The molecule has 3 rings (SSSR count). The van der Waals surface area contributed by atoms with Crippen molar-refractivity contribution in [1.82, 2.24) is 0 Å². The largest absolute Gasteiger partial charge is 0.488 e. The molecule has 0 atom stereocenters. The molecule has 4 nitrogen and oxygen atoms in total. The number of carboxylic acids is 1. The Hall–Kier alpha value is -2.69. The van der Waals surface area contributed by atoms with E-state index in [0.29, 0.717) is 22.8 Å². The number of aromatic carboxylic acids is 1. The molecule has 0 spiro atoms. The van der Waals surface area contributed by atoms with Crippen LogP contribution in [0.3, 0.4) is 0 Å². The lowest BCUT2D eigenvalue weighted by Gasteiger charge is -2.09. The Kier molecular flexibility index (Phi) is 5.35. The van der Waals surface area contributed by atoms with Gasteiger partial charge in [-0.3, -0.25) is 0 Å². The molecular formula is C19H11BrFNO3S. The van der Waals surface area contributed by atoms with Crippen molar-refractivity contribution >= 4 is 33.2 Å². The van der Waals surface area contributed by atoms with Crippen molar-refractivity contribution in [3.63, 3.8) is 0 Å². The molecule has 0 aliphatic carbocycles. The molecule has 0 unspecified atom stereocenters. The van der Waals surface area contributed by atoms with E-state index in [1.807, 2.05) is 30.3 Å². The second kappa shape index (κ2) is 7.68. The second-order valence-electron chi connectivity index (χ2n) is 5.29. The molecule has 2 aromatic carbocycles. The molecule has 0 radical (unpaired) electrons. The highest BCUT2D eigenvalue weighted by Crippen LogP contribution is 2.40. The number of benzene rings is 2. The van der Waals surface area contributed by atoms with Crippen LogP contribution in [0.5, 0.6) is 5.75 Å². The molecule has 1 aromatic heterocycles. The molecule has 0 aliphatic heterocycles. The first-order valence-corrected chi connectivity index (χ1v) is 9.04. The summed E-state index contributed by atoms with van der Waals surface area (Å²) in [4.78, 5) is 11.1. The monoisotopic (exact) mass is 431 g/mol. The fraction of sp³-hybridized carbons (Fsp3) is 0.0526. The van der Waals surface area contributed by atoms with Crippen molar-refractivity contribution in [3.05, 3.63) is 74.8 Å². The third kappa shape index (κ3) is 3.62. The molecule has 7 heteroatoms. The Balaban J connectivity index is 1.91. The van der Waals surface area contributed by atoms with Gasteiger partial charge in [-0.25, -0.2) is 9.18 Å². The van der Waals surface area contributed by atoms with Crippen LogP contribution >= 0.6 is 27.3 Å². The maximum Gasteiger partial charge on any atom is 0.348 e. The van der Waals surface area contributed by atoms with Gasteiger partial charge in [0.2, 0.25) is 0 Å². The van der Waals surface area contributed by atoms with Gasteiger partial charge in [0.15, 0.2) is 5.82 Å². The number of nitriles is 1. The van der Waals surface area contributed by atoms with Crippen LogP contribution < -0.4 is 4.74 Å². The molecule has 0 bridgehead atoms. The van der Waals surface area contributed by atoms with E-state index in [9.17, 15) is 14.4 Å². The zero-order valence-electron chi connectivity index (χ0n) is 13.2. The first-order chi connectivity index (χ1) is 12.5. The Labute approximate surface area is 161 Å². The minimum absolute atomic E-state index is 0.0711. The standard InChI is InChI=1S/C19H11BrFNO3S/c20-15-16(21)18(19(23)24)26-17(15)12-6-7-14(13(8-12)9-22)25-10-11-4-2-1-3-5-11/h1-8H,10H2,(H,23,24). The normalized spacial score (nSPS) is 10.3. The number of halogens is 2. The second-order valence-corrected chi connectivity index (χ2v) is 7.10. The van der Waals surface area contributed by atoms with Crippen molar-refractivity contribution in [2.24, 2.45) is 0 Å². The summed E-state index contributed by atoms with van der Waals surface area (Å²) in [6.45, 7) is 0.315. The summed E-state index contributed by atoms with van der Waals surface area (Å²) in [7, 11) is 0. The maximum absolute atomic E-state index is 14.0. The van der Waals surface area contributed by atoms with Gasteiger partial charge in [-0.2, -0.15) is 5.26 Å². The summed E-state index contributed by atoms with van der Waals surface area (Å²) in [6, 6.07) is 16.4.